The first kappa shape index (κ1) is 22.2. The predicted octanol–water partition coefficient (Wildman–Crippen LogP) is 3.20. The average Bonchev–Trinajstić information content (AvgIpc) is 3.11. The molecule has 2 aliphatic rings. The van der Waals surface area contributed by atoms with Crippen LogP contribution in [0.5, 0.6) is 0 Å². The zero-order chi connectivity index (χ0) is 22.5. The van der Waals surface area contributed by atoms with Crippen molar-refractivity contribution in [1.29, 1.82) is 0 Å². The van der Waals surface area contributed by atoms with E-state index in [0.717, 1.165) is 17.7 Å². The molecule has 0 aromatic heterocycles. The van der Waals surface area contributed by atoms with Crippen molar-refractivity contribution in [2.45, 2.75) is 58.2 Å². The molecule has 0 aliphatic carbocycles. The molecule has 32 heavy (non-hydrogen) atoms. The number of piperidine rings is 1. The third-order valence-corrected chi connectivity index (χ3v) is 6.57. The van der Waals surface area contributed by atoms with E-state index in [4.69, 9.17) is 0 Å². The highest BCUT2D eigenvalue weighted by atomic mass is 16.2. The quantitative estimate of drug-likeness (QED) is 0.658. The van der Waals surface area contributed by atoms with E-state index in [9.17, 15) is 14.4 Å². The maximum atomic E-state index is 12.5. The van der Waals surface area contributed by atoms with Crippen LogP contribution in [-0.2, 0) is 29.1 Å². The van der Waals surface area contributed by atoms with E-state index in [1.165, 1.54) is 31.4 Å². The number of hydrogen-bond donors (Lipinski definition) is 2. The van der Waals surface area contributed by atoms with Crippen LogP contribution in [-0.4, -0.2) is 35.2 Å². The van der Waals surface area contributed by atoms with Gasteiger partial charge >= 0.3 is 0 Å². The molecular formula is C26H31N3O3. The zero-order valence-corrected chi connectivity index (χ0v) is 18.6. The van der Waals surface area contributed by atoms with Crippen molar-refractivity contribution in [2.75, 3.05) is 6.54 Å². The predicted molar refractivity (Wildman–Crippen MR) is 123 cm³/mol. The highest BCUT2D eigenvalue weighted by Crippen LogP contribution is 2.20. The second-order valence-corrected chi connectivity index (χ2v) is 9.03. The summed E-state index contributed by atoms with van der Waals surface area (Å²) in [4.78, 5) is 38.1. The first-order valence-corrected chi connectivity index (χ1v) is 11.5. The number of amides is 3. The third-order valence-electron chi connectivity index (χ3n) is 6.57. The molecule has 0 saturated carbocycles. The lowest BCUT2D eigenvalue weighted by atomic mass is 9.97. The molecule has 2 aliphatic heterocycles. The third kappa shape index (κ3) is 5.62. The van der Waals surface area contributed by atoms with Crippen molar-refractivity contribution in [2.24, 2.45) is 5.92 Å². The number of carbonyl (C=O) groups excluding carboxylic acids is 3. The van der Waals surface area contributed by atoms with Crippen LogP contribution in [0, 0.1) is 5.92 Å². The van der Waals surface area contributed by atoms with E-state index in [0.29, 0.717) is 24.6 Å². The number of nitrogens with one attached hydrogen (secondary N) is 2. The van der Waals surface area contributed by atoms with E-state index in [-0.39, 0.29) is 30.1 Å². The molecule has 0 radical (unpaired) electrons. The zero-order valence-electron chi connectivity index (χ0n) is 18.6. The Morgan fingerprint density at radius 3 is 2.34 bits per heavy atom. The number of carbonyl (C=O) groups is 3. The number of benzene rings is 2. The summed E-state index contributed by atoms with van der Waals surface area (Å²) in [6.45, 7) is 4.94. The molecule has 2 heterocycles. The first-order chi connectivity index (χ1) is 15.5. The van der Waals surface area contributed by atoms with Gasteiger partial charge in [-0.3, -0.25) is 24.6 Å². The van der Waals surface area contributed by atoms with Crippen LogP contribution in [0.2, 0.25) is 0 Å². The lowest BCUT2D eigenvalue weighted by Crippen LogP contribution is -2.36. The number of imide groups is 1. The fourth-order valence-corrected chi connectivity index (χ4v) is 4.52. The van der Waals surface area contributed by atoms with E-state index < -0.39 is 0 Å². The summed E-state index contributed by atoms with van der Waals surface area (Å²) < 4.78 is 0. The Bertz CT molecular complexity index is 969. The van der Waals surface area contributed by atoms with Gasteiger partial charge in [0, 0.05) is 31.1 Å². The number of rotatable bonds is 7. The lowest BCUT2D eigenvalue weighted by Gasteiger charge is -2.33. The van der Waals surface area contributed by atoms with Crippen molar-refractivity contribution >= 4 is 17.7 Å². The maximum absolute atomic E-state index is 12.5. The summed E-state index contributed by atoms with van der Waals surface area (Å²) in [7, 11) is 0. The normalized spacial score (nSPS) is 21.4. The van der Waals surface area contributed by atoms with Gasteiger partial charge in [0.2, 0.25) is 11.8 Å². The molecule has 0 bridgehead atoms. The van der Waals surface area contributed by atoms with Crippen molar-refractivity contribution in [3.63, 3.8) is 0 Å². The molecule has 6 heteroatoms. The Hall–Kier alpha value is -2.99. The van der Waals surface area contributed by atoms with Crippen molar-refractivity contribution < 1.29 is 14.4 Å². The fraction of sp³-hybridized carbons (Fsp3) is 0.423. The molecule has 2 aromatic rings. The second kappa shape index (κ2) is 10.1. The largest absolute Gasteiger partial charge is 0.348 e. The highest BCUT2D eigenvalue weighted by molar-refractivity contribution is 6.03. The van der Waals surface area contributed by atoms with Crippen molar-refractivity contribution in [3.8, 4) is 0 Å². The van der Waals surface area contributed by atoms with Gasteiger partial charge in [0.25, 0.3) is 5.91 Å². The van der Waals surface area contributed by atoms with E-state index in [1.807, 2.05) is 12.1 Å². The Balaban J connectivity index is 1.26. The minimum atomic E-state index is -0.316. The Kier molecular flexibility index (Phi) is 7.00. The molecule has 2 N–H and O–H groups in total. The van der Waals surface area contributed by atoms with Crippen molar-refractivity contribution in [3.05, 3.63) is 70.8 Å². The lowest BCUT2D eigenvalue weighted by molar-refractivity contribution is -0.125. The number of nitrogens with zero attached hydrogens (tertiary/aromatic N) is 1. The molecule has 168 valence electrons. The Morgan fingerprint density at radius 2 is 1.69 bits per heavy atom. The first-order valence-electron chi connectivity index (χ1n) is 11.5. The Labute approximate surface area is 189 Å². The molecule has 2 aromatic carbocycles. The van der Waals surface area contributed by atoms with Gasteiger partial charge in [-0.15, -0.1) is 0 Å². The smallest absolute Gasteiger partial charge is 0.251 e. The van der Waals surface area contributed by atoms with Gasteiger partial charge in [0.15, 0.2) is 0 Å². The SMILES string of the molecule is CC1CCCCN1Cc1ccc(CNC(=O)c2ccc(CC3CC(=O)NC3=O)cc2)cc1. The van der Waals surface area contributed by atoms with Crippen LogP contribution >= 0.6 is 0 Å². The Morgan fingerprint density at radius 1 is 1.00 bits per heavy atom. The van der Waals surface area contributed by atoms with Gasteiger partial charge in [-0.25, -0.2) is 0 Å². The molecule has 2 fully saturated rings. The molecule has 2 atom stereocenters. The van der Waals surface area contributed by atoms with Crippen LogP contribution in [0.3, 0.4) is 0 Å². The standard InChI is InChI=1S/C26H31N3O3/c1-18-4-2-3-13-29(18)17-21-7-5-20(6-8-21)16-27-25(31)22-11-9-19(10-12-22)14-23-15-24(30)28-26(23)32/h5-12,18,23H,2-4,13-17H2,1H3,(H,27,31)(H,28,30,32). The summed E-state index contributed by atoms with van der Waals surface area (Å²) in [5.74, 6) is -0.877. The monoisotopic (exact) mass is 433 g/mol. The summed E-state index contributed by atoms with van der Waals surface area (Å²) in [5.41, 5.74) is 3.90. The van der Waals surface area contributed by atoms with Crippen LogP contribution in [0.25, 0.3) is 0 Å². The van der Waals surface area contributed by atoms with Gasteiger partial charge in [0.1, 0.15) is 0 Å². The molecule has 6 nitrogen and oxygen atoms in total. The number of hydrogen-bond acceptors (Lipinski definition) is 4. The van der Waals surface area contributed by atoms with Crippen LogP contribution in [0.4, 0.5) is 0 Å². The topological polar surface area (TPSA) is 78.5 Å². The van der Waals surface area contributed by atoms with Gasteiger partial charge < -0.3 is 5.32 Å². The van der Waals surface area contributed by atoms with Gasteiger partial charge in [-0.05, 0) is 61.6 Å². The molecule has 0 spiro atoms. The van der Waals surface area contributed by atoms with Gasteiger partial charge in [-0.2, -0.15) is 0 Å². The van der Waals surface area contributed by atoms with E-state index in [1.54, 1.807) is 12.1 Å². The molecule has 3 amide bonds. The molecule has 2 saturated heterocycles. The average molecular weight is 434 g/mol. The summed E-state index contributed by atoms with van der Waals surface area (Å²) >= 11 is 0. The molecule has 4 rings (SSSR count). The second-order valence-electron chi connectivity index (χ2n) is 9.03. The molecular weight excluding hydrogens is 402 g/mol. The minimum Gasteiger partial charge on any atom is -0.348 e. The van der Waals surface area contributed by atoms with Gasteiger partial charge in [-0.1, -0.05) is 42.8 Å². The van der Waals surface area contributed by atoms with Crippen molar-refractivity contribution in [1.82, 2.24) is 15.5 Å². The molecule has 2 unspecified atom stereocenters. The number of likely N-dealkylation sites (tertiary alicyclic amines) is 1. The van der Waals surface area contributed by atoms with Gasteiger partial charge in [0.05, 0.1) is 5.92 Å². The van der Waals surface area contributed by atoms with Crippen LogP contribution in [0.15, 0.2) is 48.5 Å². The van der Waals surface area contributed by atoms with Crippen LogP contribution < -0.4 is 10.6 Å². The van der Waals surface area contributed by atoms with E-state index in [2.05, 4.69) is 46.7 Å². The summed E-state index contributed by atoms with van der Waals surface area (Å²) in [6.07, 6.45) is 4.63. The summed E-state index contributed by atoms with van der Waals surface area (Å²) in [6, 6.07) is 16.4. The summed E-state index contributed by atoms with van der Waals surface area (Å²) in [5, 5.41) is 5.30. The maximum Gasteiger partial charge on any atom is 0.251 e. The van der Waals surface area contributed by atoms with Crippen LogP contribution in [0.1, 0.15) is 59.7 Å². The minimum absolute atomic E-state index is 0.128. The highest BCUT2D eigenvalue weighted by Gasteiger charge is 2.30. The fourth-order valence-electron chi connectivity index (χ4n) is 4.52. The van der Waals surface area contributed by atoms with E-state index >= 15 is 0 Å².